The second-order valence-electron chi connectivity index (χ2n) is 2.89. The second-order valence-corrected chi connectivity index (χ2v) is 2.89. The van der Waals surface area contributed by atoms with E-state index in [0.29, 0.717) is 11.3 Å². The van der Waals surface area contributed by atoms with Crippen LogP contribution >= 0.6 is 0 Å². The Kier molecular flexibility index (Phi) is 1.85. The number of carbonyl (C=O) groups excluding carboxylic acids is 2. The Hall–Kier alpha value is -2.04. The summed E-state index contributed by atoms with van der Waals surface area (Å²) in [6.07, 6.45) is 0. The summed E-state index contributed by atoms with van der Waals surface area (Å²) in [7, 11) is 0. The zero-order valence-electron chi connectivity index (χ0n) is 7.14. The van der Waals surface area contributed by atoms with E-state index in [-0.39, 0.29) is 12.5 Å². The van der Waals surface area contributed by atoms with Gasteiger partial charge in [-0.25, -0.2) is 0 Å². The lowest BCUT2D eigenvalue weighted by Gasteiger charge is -2.31. The van der Waals surface area contributed by atoms with Crippen LogP contribution in [0, 0.1) is 4.91 Å². The lowest BCUT2D eigenvalue weighted by Crippen LogP contribution is -2.43. The van der Waals surface area contributed by atoms with E-state index in [1.165, 1.54) is 4.90 Å². The molecule has 0 unspecified atom stereocenters. The zero-order valence-corrected chi connectivity index (χ0v) is 7.14. The van der Waals surface area contributed by atoms with Crippen molar-refractivity contribution < 1.29 is 9.59 Å². The van der Waals surface area contributed by atoms with Crippen LogP contribution in [-0.4, -0.2) is 18.4 Å². The van der Waals surface area contributed by atoms with Gasteiger partial charge in [-0.05, 0) is 12.1 Å². The van der Waals surface area contributed by atoms with Gasteiger partial charge in [0.25, 0.3) is 5.91 Å². The third kappa shape index (κ3) is 1.10. The van der Waals surface area contributed by atoms with E-state index in [1.54, 1.807) is 24.3 Å². The van der Waals surface area contributed by atoms with Crippen molar-refractivity contribution in [2.75, 3.05) is 11.4 Å². The summed E-state index contributed by atoms with van der Waals surface area (Å²) in [5.74, 6) is -1.08. The molecular formula is C9H6N2O3. The number of anilines is 1. The Morgan fingerprint density at radius 2 is 2.07 bits per heavy atom. The minimum Gasteiger partial charge on any atom is -0.298 e. The SMILES string of the molecule is O=NC(=O)CN1C(=O)c2ccccc21. The predicted octanol–water partition coefficient (Wildman–Crippen LogP) is 0.940. The first kappa shape index (κ1) is 8.55. The number of hydrogen-bond acceptors (Lipinski definition) is 3. The highest BCUT2D eigenvalue weighted by molar-refractivity contribution is 6.21. The van der Waals surface area contributed by atoms with E-state index < -0.39 is 5.91 Å². The van der Waals surface area contributed by atoms with E-state index in [0.717, 1.165) is 0 Å². The molecule has 0 aromatic heterocycles. The Bertz CT molecular complexity index is 428. The number of benzene rings is 1. The third-order valence-electron chi connectivity index (χ3n) is 2.07. The van der Waals surface area contributed by atoms with Gasteiger partial charge in [-0.15, -0.1) is 4.91 Å². The summed E-state index contributed by atoms with van der Waals surface area (Å²) in [5, 5.41) is 2.23. The van der Waals surface area contributed by atoms with Crippen LogP contribution in [0.5, 0.6) is 0 Å². The molecule has 0 atom stereocenters. The molecule has 2 rings (SSSR count). The van der Waals surface area contributed by atoms with Gasteiger partial charge < -0.3 is 0 Å². The molecule has 70 valence electrons. The van der Waals surface area contributed by atoms with Crippen LogP contribution in [0.4, 0.5) is 5.69 Å². The number of rotatable bonds is 2. The summed E-state index contributed by atoms with van der Waals surface area (Å²) in [6, 6.07) is 6.90. The lowest BCUT2D eigenvalue weighted by molar-refractivity contribution is -0.116. The summed E-state index contributed by atoms with van der Waals surface area (Å²) in [6.45, 7) is -0.265. The molecule has 0 spiro atoms. The van der Waals surface area contributed by atoms with Crippen molar-refractivity contribution in [3.05, 3.63) is 34.7 Å². The molecule has 5 nitrogen and oxygen atoms in total. The Morgan fingerprint density at radius 3 is 2.79 bits per heavy atom. The minimum absolute atomic E-state index is 0.238. The van der Waals surface area contributed by atoms with E-state index in [9.17, 15) is 14.5 Å². The van der Waals surface area contributed by atoms with Crippen molar-refractivity contribution in [3.8, 4) is 0 Å². The maximum absolute atomic E-state index is 11.3. The molecule has 0 saturated carbocycles. The van der Waals surface area contributed by atoms with Crippen molar-refractivity contribution in [3.63, 3.8) is 0 Å². The van der Waals surface area contributed by atoms with Crippen LogP contribution in [0.2, 0.25) is 0 Å². The lowest BCUT2D eigenvalue weighted by atomic mass is 10.0. The molecule has 2 amide bonds. The first-order valence-electron chi connectivity index (χ1n) is 4.01. The fourth-order valence-corrected chi connectivity index (χ4v) is 1.41. The molecule has 1 aromatic carbocycles. The zero-order chi connectivity index (χ0) is 10.1. The summed E-state index contributed by atoms with van der Waals surface area (Å²) in [4.78, 5) is 33.1. The number of hydrogen-bond donors (Lipinski definition) is 0. The average Bonchev–Trinajstić information content (AvgIpc) is 2.25. The van der Waals surface area contributed by atoms with Crippen LogP contribution in [0.3, 0.4) is 0 Å². The van der Waals surface area contributed by atoms with Crippen molar-refractivity contribution in [1.29, 1.82) is 0 Å². The number of amides is 2. The predicted molar refractivity (Wildman–Crippen MR) is 48.9 cm³/mol. The van der Waals surface area contributed by atoms with Gasteiger partial charge in [0.2, 0.25) is 0 Å². The topological polar surface area (TPSA) is 66.8 Å². The number of carbonyl (C=O) groups is 2. The molecule has 0 bridgehead atoms. The molecule has 1 aliphatic heterocycles. The molecule has 5 heteroatoms. The standard InChI is InChI=1S/C9H6N2O3/c12-8(10-14)5-11-7-4-2-1-3-6(7)9(11)13/h1-4H,5H2. The number of fused-ring (bicyclic) bond motifs is 1. The number of nitroso groups, excluding NO2 is 1. The first-order chi connectivity index (χ1) is 6.74. The van der Waals surface area contributed by atoms with Crippen LogP contribution in [0.1, 0.15) is 10.4 Å². The molecule has 1 aliphatic rings. The quantitative estimate of drug-likeness (QED) is 0.652. The van der Waals surface area contributed by atoms with Gasteiger partial charge in [-0.3, -0.25) is 14.5 Å². The molecule has 0 saturated heterocycles. The molecule has 0 N–H and O–H groups in total. The second kappa shape index (κ2) is 3.02. The Labute approximate surface area is 79.3 Å². The van der Waals surface area contributed by atoms with Gasteiger partial charge in [0.15, 0.2) is 0 Å². The van der Waals surface area contributed by atoms with Gasteiger partial charge in [0, 0.05) is 5.18 Å². The number of nitrogens with zero attached hydrogens (tertiary/aromatic N) is 2. The Balaban J connectivity index is 2.23. The smallest absolute Gasteiger partial charge is 0.298 e. The van der Waals surface area contributed by atoms with Gasteiger partial charge in [0.1, 0.15) is 6.54 Å². The van der Waals surface area contributed by atoms with Gasteiger partial charge in [-0.1, -0.05) is 12.1 Å². The number of para-hydroxylation sites is 1. The highest BCUT2D eigenvalue weighted by Gasteiger charge is 2.33. The monoisotopic (exact) mass is 190 g/mol. The van der Waals surface area contributed by atoms with Gasteiger partial charge >= 0.3 is 5.91 Å². The van der Waals surface area contributed by atoms with Crippen molar-refractivity contribution >= 4 is 17.5 Å². The van der Waals surface area contributed by atoms with Crippen LogP contribution < -0.4 is 4.90 Å². The normalized spacial score (nSPS) is 13.1. The summed E-state index contributed by atoms with van der Waals surface area (Å²) >= 11 is 0. The summed E-state index contributed by atoms with van der Waals surface area (Å²) in [5.41, 5.74) is 1.25. The molecular weight excluding hydrogens is 184 g/mol. The molecule has 0 aliphatic carbocycles. The van der Waals surface area contributed by atoms with E-state index >= 15 is 0 Å². The summed E-state index contributed by atoms with van der Waals surface area (Å²) < 4.78 is 0. The Morgan fingerprint density at radius 1 is 1.36 bits per heavy atom. The maximum Gasteiger partial charge on any atom is 0.305 e. The van der Waals surface area contributed by atoms with E-state index in [1.807, 2.05) is 0 Å². The van der Waals surface area contributed by atoms with Crippen LogP contribution in [0.15, 0.2) is 29.4 Å². The molecule has 14 heavy (non-hydrogen) atoms. The minimum atomic E-state index is -0.840. The molecule has 0 fully saturated rings. The van der Waals surface area contributed by atoms with E-state index in [4.69, 9.17) is 0 Å². The van der Waals surface area contributed by atoms with Gasteiger partial charge in [-0.2, -0.15) is 0 Å². The van der Waals surface area contributed by atoms with Crippen LogP contribution in [-0.2, 0) is 4.79 Å². The highest BCUT2D eigenvalue weighted by atomic mass is 16.3. The fourth-order valence-electron chi connectivity index (χ4n) is 1.41. The van der Waals surface area contributed by atoms with Crippen molar-refractivity contribution in [2.24, 2.45) is 5.18 Å². The van der Waals surface area contributed by atoms with Crippen molar-refractivity contribution in [2.45, 2.75) is 0 Å². The first-order valence-corrected chi connectivity index (χ1v) is 4.01. The molecule has 1 heterocycles. The van der Waals surface area contributed by atoms with Crippen molar-refractivity contribution in [1.82, 2.24) is 0 Å². The largest absolute Gasteiger partial charge is 0.305 e. The highest BCUT2D eigenvalue weighted by Crippen LogP contribution is 2.31. The van der Waals surface area contributed by atoms with Gasteiger partial charge in [0.05, 0.1) is 11.3 Å². The average molecular weight is 190 g/mol. The molecule has 0 radical (unpaired) electrons. The third-order valence-corrected chi connectivity index (χ3v) is 2.07. The molecule has 1 aromatic rings. The van der Waals surface area contributed by atoms with Crippen LogP contribution in [0.25, 0.3) is 0 Å². The van der Waals surface area contributed by atoms with E-state index in [2.05, 4.69) is 5.18 Å². The maximum atomic E-state index is 11.3. The fraction of sp³-hybridized carbons (Fsp3) is 0.111.